The van der Waals surface area contributed by atoms with Gasteiger partial charge in [0.1, 0.15) is 28.5 Å². The molecule has 1 aromatic heterocycles. The van der Waals surface area contributed by atoms with Crippen LogP contribution in [0.5, 0.6) is 5.75 Å². The van der Waals surface area contributed by atoms with Crippen LogP contribution < -0.4 is 4.74 Å². The van der Waals surface area contributed by atoms with Crippen LogP contribution in [0.3, 0.4) is 0 Å². The molecule has 4 rings (SSSR count). The fourth-order valence-corrected chi connectivity index (χ4v) is 2.59. The Morgan fingerprint density at radius 3 is 2.50 bits per heavy atom. The van der Waals surface area contributed by atoms with Crippen LogP contribution in [-0.2, 0) is 0 Å². The predicted octanol–water partition coefficient (Wildman–Crippen LogP) is 5.08. The smallest absolute Gasteiger partial charge is 0.346 e. The summed E-state index contributed by atoms with van der Waals surface area (Å²) in [4.78, 5) is 12.1. The van der Waals surface area contributed by atoms with Crippen LogP contribution in [-0.4, -0.2) is 5.97 Å². The molecule has 5 heteroatoms. The van der Waals surface area contributed by atoms with Crippen LogP contribution in [0.4, 0.5) is 8.78 Å². The van der Waals surface area contributed by atoms with Gasteiger partial charge in [-0.1, -0.05) is 18.2 Å². The molecule has 3 nitrogen and oxygen atoms in total. The number of para-hydroxylation sites is 1. The van der Waals surface area contributed by atoms with E-state index in [2.05, 4.69) is 0 Å². The van der Waals surface area contributed by atoms with E-state index in [0.29, 0.717) is 11.6 Å². The topological polar surface area (TPSA) is 39.4 Å². The zero-order valence-corrected chi connectivity index (χ0v) is 12.3. The Morgan fingerprint density at radius 2 is 1.67 bits per heavy atom. The second-order valence-corrected chi connectivity index (χ2v) is 5.27. The largest absolute Gasteiger partial charge is 0.456 e. The zero-order chi connectivity index (χ0) is 16.7. The lowest BCUT2D eigenvalue weighted by Gasteiger charge is -2.05. The van der Waals surface area contributed by atoms with Gasteiger partial charge in [-0.3, -0.25) is 0 Å². The Morgan fingerprint density at radius 1 is 0.875 bits per heavy atom. The van der Waals surface area contributed by atoms with Crippen LogP contribution in [0, 0.1) is 11.6 Å². The van der Waals surface area contributed by atoms with Crippen molar-refractivity contribution >= 4 is 27.9 Å². The molecule has 0 atom stereocenters. The van der Waals surface area contributed by atoms with E-state index in [9.17, 15) is 13.6 Å². The van der Waals surface area contributed by atoms with Gasteiger partial charge in [0, 0.05) is 16.8 Å². The molecule has 24 heavy (non-hydrogen) atoms. The molecule has 0 radical (unpaired) electrons. The molecule has 0 saturated carbocycles. The van der Waals surface area contributed by atoms with Gasteiger partial charge < -0.3 is 9.15 Å². The standard InChI is InChI=1S/C19H10F2O3/c20-11-5-7-14(16(21)9-11)19(22)23-12-6-8-18-15(10-12)13-3-1-2-4-17(13)24-18/h1-10H. The van der Waals surface area contributed by atoms with Crippen LogP contribution >= 0.6 is 0 Å². The number of benzene rings is 3. The van der Waals surface area contributed by atoms with Gasteiger partial charge in [0.05, 0.1) is 5.56 Å². The van der Waals surface area contributed by atoms with Crippen molar-refractivity contribution in [3.05, 3.63) is 77.9 Å². The molecule has 4 aromatic rings. The van der Waals surface area contributed by atoms with E-state index in [4.69, 9.17) is 9.15 Å². The number of ether oxygens (including phenoxy) is 1. The van der Waals surface area contributed by atoms with Gasteiger partial charge in [0.15, 0.2) is 0 Å². The Labute approximate surface area is 135 Å². The predicted molar refractivity (Wildman–Crippen MR) is 85.0 cm³/mol. The second kappa shape index (κ2) is 5.45. The highest BCUT2D eigenvalue weighted by Gasteiger charge is 2.16. The molecule has 1 heterocycles. The van der Waals surface area contributed by atoms with E-state index >= 15 is 0 Å². The first-order valence-electron chi connectivity index (χ1n) is 7.20. The molecule has 0 N–H and O–H groups in total. The Balaban J connectivity index is 1.71. The summed E-state index contributed by atoms with van der Waals surface area (Å²) in [5.74, 6) is -2.35. The first-order chi connectivity index (χ1) is 11.6. The highest BCUT2D eigenvalue weighted by Crippen LogP contribution is 2.31. The number of furan rings is 1. The number of hydrogen-bond acceptors (Lipinski definition) is 3. The SMILES string of the molecule is O=C(Oc1ccc2oc3ccccc3c2c1)c1ccc(F)cc1F. The minimum absolute atomic E-state index is 0.253. The summed E-state index contributed by atoms with van der Waals surface area (Å²) < 4.78 is 37.5. The third kappa shape index (κ3) is 2.40. The highest BCUT2D eigenvalue weighted by atomic mass is 19.1. The Kier molecular flexibility index (Phi) is 3.27. The summed E-state index contributed by atoms with van der Waals surface area (Å²) >= 11 is 0. The second-order valence-electron chi connectivity index (χ2n) is 5.27. The summed E-state index contributed by atoms with van der Waals surface area (Å²) in [6.45, 7) is 0. The summed E-state index contributed by atoms with van der Waals surface area (Å²) in [6.07, 6.45) is 0. The van der Waals surface area contributed by atoms with Gasteiger partial charge in [-0.25, -0.2) is 13.6 Å². The normalized spacial score (nSPS) is 11.1. The quantitative estimate of drug-likeness (QED) is 0.381. The molecule has 0 amide bonds. The van der Waals surface area contributed by atoms with E-state index in [1.54, 1.807) is 18.2 Å². The lowest BCUT2D eigenvalue weighted by molar-refractivity contribution is 0.0730. The van der Waals surface area contributed by atoms with Gasteiger partial charge in [0.25, 0.3) is 0 Å². The highest BCUT2D eigenvalue weighted by molar-refractivity contribution is 6.05. The summed E-state index contributed by atoms with van der Waals surface area (Å²) in [7, 11) is 0. The number of rotatable bonds is 2. The molecule has 0 spiro atoms. The maximum absolute atomic E-state index is 13.7. The van der Waals surface area contributed by atoms with Crippen molar-refractivity contribution in [1.29, 1.82) is 0 Å². The van der Waals surface area contributed by atoms with E-state index in [1.165, 1.54) is 0 Å². The van der Waals surface area contributed by atoms with Crippen LogP contribution in [0.15, 0.2) is 65.1 Å². The molecular weight excluding hydrogens is 314 g/mol. The fraction of sp³-hybridized carbons (Fsp3) is 0. The number of esters is 1. The van der Waals surface area contributed by atoms with Gasteiger partial charge in [0.2, 0.25) is 0 Å². The molecule has 118 valence electrons. The van der Waals surface area contributed by atoms with Crippen molar-refractivity contribution < 1.29 is 22.7 Å². The first-order valence-corrected chi connectivity index (χ1v) is 7.20. The maximum Gasteiger partial charge on any atom is 0.346 e. The third-order valence-corrected chi connectivity index (χ3v) is 3.71. The van der Waals surface area contributed by atoms with Crippen molar-refractivity contribution in [1.82, 2.24) is 0 Å². The average Bonchev–Trinajstić information content (AvgIpc) is 2.93. The maximum atomic E-state index is 13.7. The molecule has 3 aromatic carbocycles. The number of carbonyl (C=O) groups is 1. The van der Waals surface area contributed by atoms with Crippen molar-refractivity contribution in [3.8, 4) is 5.75 Å². The minimum atomic E-state index is -0.963. The summed E-state index contributed by atoms with van der Waals surface area (Å²) in [6, 6.07) is 15.1. The molecule has 0 aliphatic heterocycles. The first kappa shape index (κ1) is 14.4. The van der Waals surface area contributed by atoms with Gasteiger partial charge in [-0.15, -0.1) is 0 Å². The van der Waals surface area contributed by atoms with Gasteiger partial charge >= 0.3 is 5.97 Å². The third-order valence-electron chi connectivity index (χ3n) is 3.71. The average molecular weight is 324 g/mol. The van der Waals surface area contributed by atoms with Crippen molar-refractivity contribution in [2.45, 2.75) is 0 Å². The number of carbonyl (C=O) groups excluding carboxylic acids is 1. The minimum Gasteiger partial charge on any atom is -0.456 e. The zero-order valence-electron chi connectivity index (χ0n) is 12.3. The van der Waals surface area contributed by atoms with E-state index < -0.39 is 17.6 Å². The molecule has 0 saturated heterocycles. The van der Waals surface area contributed by atoms with Crippen molar-refractivity contribution in [2.24, 2.45) is 0 Å². The lowest BCUT2D eigenvalue weighted by atomic mass is 10.1. The Bertz CT molecular complexity index is 1080. The van der Waals surface area contributed by atoms with Gasteiger partial charge in [-0.05, 0) is 36.4 Å². The number of fused-ring (bicyclic) bond motifs is 3. The Hall–Kier alpha value is -3.21. The summed E-state index contributed by atoms with van der Waals surface area (Å²) in [5.41, 5.74) is 1.05. The van der Waals surface area contributed by atoms with Crippen LogP contribution in [0.2, 0.25) is 0 Å². The number of halogens is 2. The van der Waals surface area contributed by atoms with E-state index in [1.807, 2.05) is 24.3 Å². The molecule has 0 unspecified atom stereocenters. The van der Waals surface area contributed by atoms with Crippen molar-refractivity contribution in [2.75, 3.05) is 0 Å². The monoisotopic (exact) mass is 324 g/mol. The number of hydrogen-bond donors (Lipinski definition) is 0. The molecule has 0 aliphatic rings. The van der Waals surface area contributed by atoms with Crippen molar-refractivity contribution in [3.63, 3.8) is 0 Å². The van der Waals surface area contributed by atoms with Crippen LogP contribution in [0.1, 0.15) is 10.4 Å². The summed E-state index contributed by atoms with van der Waals surface area (Å²) in [5, 5.41) is 1.67. The molecular formula is C19H10F2O3. The lowest BCUT2D eigenvalue weighted by Crippen LogP contribution is -2.10. The molecule has 0 bridgehead atoms. The van der Waals surface area contributed by atoms with Crippen LogP contribution in [0.25, 0.3) is 21.9 Å². The molecule has 0 fully saturated rings. The molecule has 0 aliphatic carbocycles. The van der Waals surface area contributed by atoms with Gasteiger partial charge in [-0.2, -0.15) is 0 Å². The van der Waals surface area contributed by atoms with E-state index in [0.717, 1.165) is 28.5 Å². The fourth-order valence-electron chi connectivity index (χ4n) is 2.59. The van der Waals surface area contributed by atoms with E-state index in [-0.39, 0.29) is 11.3 Å².